The monoisotopic (exact) mass is 675 g/mol. The minimum absolute atomic E-state index is 0.0129. The zero-order chi connectivity index (χ0) is 32.0. The number of hydrogen-bond acceptors (Lipinski definition) is 10. The van der Waals surface area contributed by atoms with Crippen molar-refractivity contribution in [3.63, 3.8) is 0 Å². The number of nitrogens with zero attached hydrogens (tertiary/aromatic N) is 2. The number of carbonyl (C=O) groups excluding carboxylic acids is 2. The molecule has 1 aliphatic carbocycles. The van der Waals surface area contributed by atoms with Crippen molar-refractivity contribution >= 4 is 51.0 Å². The molecule has 0 unspecified atom stereocenters. The average Bonchev–Trinajstić information content (AvgIpc) is 3.76. The van der Waals surface area contributed by atoms with Crippen LogP contribution in [0.15, 0.2) is 48.9 Å². The van der Waals surface area contributed by atoms with E-state index in [1.165, 1.54) is 30.5 Å². The van der Waals surface area contributed by atoms with Crippen molar-refractivity contribution in [1.82, 2.24) is 4.98 Å². The Bertz CT molecular complexity index is 1620. The van der Waals surface area contributed by atoms with Crippen molar-refractivity contribution < 1.29 is 50.5 Å². The van der Waals surface area contributed by atoms with Crippen LogP contribution >= 0.6 is 23.2 Å². The Hall–Kier alpha value is -3.95. The summed E-state index contributed by atoms with van der Waals surface area (Å²) in [6.07, 6.45) is 4.70. The summed E-state index contributed by atoms with van der Waals surface area (Å²) in [6, 6.07) is 6.34. The van der Waals surface area contributed by atoms with Gasteiger partial charge >= 0.3 is 18.6 Å². The maximum atomic E-state index is 13.0. The fourth-order valence-corrected chi connectivity index (χ4v) is 4.96. The molecular formula is C27H25Cl2F2N3O9S. The first-order valence-corrected chi connectivity index (χ1v) is 15.5. The van der Waals surface area contributed by atoms with Crippen molar-refractivity contribution in [3.8, 4) is 11.5 Å². The van der Waals surface area contributed by atoms with E-state index in [4.69, 9.17) is 37.4 Å². The van der Waals surface area contributed by atoms with Gasteiger partial charge in [0.05, 0.1) is 18.4 Å². The number of anilines is 1. The molecule has 4 rings (SSSR count). The molecule has 0 aliphatic heterocycles. The summed E-state index contributed by atoms with van der Waals surface area (Å²) in [7, 11) is -3.67. The first-order valence-electron chi connectivity index (χ1n) is 12.9. The Kier molecular flexibility index (Phi) is 10.7. The first-order chi connectivity index (χ1) is 20.8. The molecule has 2 heterocycles. The predicted molar refractivity (Wildman–Crippen MR) is 152 cm³/mol. The normalized spacial score (nSPS) is 13.7. The highest BCUT2D eigenvalue weighted by Crippen LogP contribution is 2.37. The number of alkyl halides is 2. The summed E-state index contributed by atoms with van der Waals surface area (Å²) in [4.78, 5) is 29.2. The minimum atomic E-state index is -3.67. The fraction of sp³-hybridized carbons (Fsp3) is 0.333. The van der Waals surface area contributed by atoms with E-state index < -0.39 is 41.3 Å². The molecule has 1 aliphatic rings. The summed E-state index contributed by atoms with van der Waals surface area (Å²) in [5.74, 6) is -2.09. The topological polar surface area (TPSA) is 157 Å². The second kappa shape index (κ2) is 14.2. The number of benzene rings is 1. The fourth-order valence-electron chi connectivity index (χ4n) is 3.87. The Balaban J connectivity index is 1.55. The van der Waals surface area contributed by atoms with E-state index in [0.29, 0.717) is 4.73 Å². The zero-order valence-corrected chi connectivity index (χ0v) is 25.2. The van der Waals surface area contributed by atoms with E-state index in [0.717, 1.165) is 37.6 Å². The molecule has 236 valence electrons. The van der Waals surface area contributed by atoms with Gasteiger partial charge in [0, 0.05) is 18.2 Å². The molecule has 3 aromatic rings. The van der Waals surface area contributed by atoms with Gasteiger partial charge in [0.1, 0.15) is 22.0 Å². The molecule has 1 N–H and O–H groups in total. The third-order valence-electron chi connectivity index (χ3n) is 6.05. The molecule has 0 spiro atoms. The Labute approximate surface area is 260 Å². The highest BCUT2D eigenvalue weighted by Gasteiger charge is 2.27. The van der Waals surface area contributed by atoms with Gasteiger partial charge in [0.25, 0.3) is 0 Å². The summed E-state index contributed by atoms with van der Waals surface area (Å²) in [6.45, 7) is -3.72. The standard InChI is InChI=1S/C27H25Cl2F2N3O9S/c1-44(38,39)33-24-9-17(6-7-32-24)26(36)41-14-25(35)42-22(10-18-19(28)11-34(37)12-20(18)29)16-4-5-21(43-27(30)31)23(8-16)40-13-15-2-3-15/h4-9,11-12,15,22,27H,2-3,10,13-14H2,1H3,(H,32,33)/t22-/m0/s1. The van der Waals surface area contributed by atoms with Crippen LogP contribution in [0.2, 0.25) is 10.0 Å². The molecule has 1 aromatic carbocycles. The van der Waals surface area contributed by atoms with Crippen LogP contribution in [0.5, 0.6) is 11.5 Å². The summed E-state index contributed by atoms with van der Waals surface area (Å²) in [5, 5.41) is 11.7. The van der Waals surface area contributed by atoms with Crippen molar-refractivity contribution in [2.45, 2.75) is 32.0 Å². The number of aromatic nitrogens is 2. The van der Waals surface area contributed by atoms with Crippen LogP contribution in [0.4, 0.5) is 14.6 Å². The lowest BCUT2D eigenvalue weighted by Crippen LogP contribution is -2.26. The second-order valence-electron chi connectivity index (χ2n) is 9.69. The van der Waals surface area contributed by atoms with Gasteiger partial charge in [-0.2, -0.15) is 13.5 Å². The van der Waals surface area contributed by atoms with Crippen molar-refractivity contribution in [3.05, 3.63) is 80.9 Å². The summed E-state index contributed by atoms with van der Waals surface area (Å²) < 4.78 is 72.4. The maximum Gasteiger partial charge on any atom is 0.387 e. The molecule has 44 heavy (non-hydrogen) atoms. The Morgan fingerprint density at radius 1 is 1.14 bits per heavy atom. The minimum Gasteiger partial charge on any atom is -0.619 e. The van der Waals surface area contributed by atoms with Gasteiger partial charge in [-0.25, -0.2) is 23.0 Å². The largest absolute Gasteiger partial charge is 0.619 e. The van der Waals surface area contributed by atoms with Gasteiger partial charge in [-0.1, -0.05) is 29.3 Å². The predicted octanol–water partition coefficient (Wildman–Crippen LogP) is 4.47. The van der Waals surface area contributed by atoms with Gasteiger partial charge in [-0.05, 0) is 48.6 Å². The number of halogens is 4. The molecule has 0 radical (unpaired) electrons. The number of sulfonamides is 1. The summed E-state index contributed by atoms with van der Waals surface area (Å²) in [5.41, 5.74) is 0.413. The van der Waals surface area contributed by atoms with Crippen molar-refractivity contribution in [1.29, 1.82) is 0 Å². The number of rotatable bonds is 14. The quantitative estimate of drug-likeness (QED) is 0.147. The van der Waals surface area contributed by atoms with Gasteiger partial charge in [0.2, 0.25) is 10.0 Å². The van der Waals surface area contributed by atoms with Crippen LogP contribution in [0, 0.1) is 11.1 Å². The number of nitrogens with one attached hydrogen (secondary N) is 1. The Morgan fingerprint density at radius 2 is 1.84 bits per heavy atom. The number of esters is 2. The third-order valence-corrected chi connectivity index (χ3v) is 7.29. The lowest BCUT2D eigenvalue weighted by atomic mass is 10.0. The van der Waals surface area contributed by atoms with Crippen molar-refractivity contribution in [2.24, 2.45) is 5.92 Å². The molecule has 0 amide bonds. The van der Waals surface area contributed by atoms with Crippen LogP contribution < -0.4 is 18.9 Å². The van der Waals surface area contributed by atoms with E-state index in [2.05, 4.69) is 14.4 Å². The van der Waals surface area contributed by atoms with Gasteiger partial charge in [0.15, 0.2) is 30.5 Å². The van der Waals surface area contributed by atoms with Gasteiger partial charge < -0.3 is 24.2 Å². The Morgan fingerprint density at radius 3 is 2.48 bits per heavy atom. The molecule has 1 atom stereocenters. The smallest absolute Gasteiger partial charge is 0.387 e. The molecule has 1 saturated carbocycles. The molecule has 2 aromatic heterocycles. The highest BCUT2D eigenvalue weighted by atomic mass is 35.5. The van der Waals surface area contributed by atoms with Crippen LogP contribution in [-0.4, -0.2) is 51.4 Å². The SMILES string of the molecule is CS(=O)(=O)Nc1cc(C(=O)OCC(=O)O[C@@H](Cc2c(Cl)c[n+]([O-])cc2Cl)c2ccc(OC(F)F)c(OCC3CC3)c2)ccn1. The lowest BCUT2D eigenvalue weighted by molar-refractivity contribution is -0.605. The number of pyridine rings is 2. The van der Waals surface area contributed by atoms with Crippen LogP contribution in [0.25, 0.3) is 0 Å². The molecule has 0 bridgehead atoms. The van der Waals surface area contributed by atoms with Gasteiger partial charge in [-0.3, -0.25) is 4.72 Å². The highest BCUT2D eigenvalue weighted by molar-refractivity contribution is 7.92. The average molecular weight is 676 g/mol. The molecule has 0 saturated heterocycles. The zero-order valence-electron chi connectivity index (χ0n) is 22.9. The van der Waals surface area contributed by atoms with E-state index in [-0.39, 0.29) is 63.0 Å². The van der Waals surface area contributed by atoms with Crippen LogP contribution in [-0.2, 0) is 30.7 Å². The molecular weight excluding hydrogens is 651 g/mol. The third kappa shape index (κ3) is 9.79. The molecule has 1 fully saturated rings. The first kappa shape index (κ1) is 33.0. The van der Waals surface area contributed by atoms with Gasteiger partial charge in [-0.15, -0.1) is 0 Å². The lowest BCUT2D eigenvalue weighted by Gasteiger charge is -2.21. The van der Waals surface area contributed by atoms with E-state index in [9.17, 15) is 32.0 Å². The van der Waals surface area contributed by atoms with Crippen LogP contribution in [0.3, 0.4) is 0 Å². The van der Waals surface area contributed by atoms with Crippen molar-refractivity contribution in [2.75, 3.05) is 24.2 Å². The van der Waals surface area contributed by atoms with E-state index in [1.807, 2.05) is 0 Å². The molecule has 12 nitrogen and oxygen atoms in total. The summed E-state index contributed by atoms with van der Waals surface area (Å²) >= 11 is 12.5. The van der Waals surface area contributed by atoms with E-state index in [1.54, 1.807) is 0 Å². The van der Waals surface area contributed by atoms with Crippen LogP contribution in [0.1, 0.15) is 40.4 Å². The number of hydrogen-bond donors (Lipinski definition) is 1. The second-order valence-corrected chi connectivity index (χ2v) is 12.3. The number of carbonyl (C=O) groups is 2. The van der Waals surface area contributed by atoms with E-state index >= 15 is 0 Å². The maximum absolute atomic E-state index is 13.0. The molecule has 17 heteroatoms. The number of ether oxygens (including phenoxy) is 4.